The molecule has 0 saturated heterocycles. The standard InChI is InChI=1S/C18H16FNO2/c1-14(15-8-4-2-5-9-15)12-22-17(21)18(19,13-20)16-10-6-3-7-11-16/h2-11,14H,12H2,1H3/t14?,18-/m1/s1. The summed E-state index contributed by atoms with van der Waals surface area (Å²) >= 11 is 0. The van der Waals surface area contributed by atoms with Gasteiger partial charge in [-0.05, 0) is 5.56 Å². The van der Waals surface area contributed by atoms with Crippen molar-refractivity contribution in [1.82, 2.24) is 0 Å². The second-order valence-corrected chi connectivity index (χ2v) is 5.05. The molecule has 3 nitrogen and oxygen atoms in total. The number of nitrogens with zero attached hydrogens (tertiary/aromatic N) is 1. The van der Waals surface area contributed by atoms with Crippen molar-refractivity contribution in [2.75, 3.05) is 6.61 Å². The van der Waals surface area contributed by atoms with E-state index in [4.69, 9.17) is 10.00 Å². The molecule has 2 atom stereocenters. The fraction of sp³-hybridized carbons (Fsp3) is 0.222. The predicted molar refractivity (Wildman–Crippen MR) is 80.7 cm³/mol. The lowest BCUT2D eigenvalue weighted by Gasteiger charge is -2.18. The first kappa shape index (κ1) is 15.7. The lowest BCUT2D eigenvalue weighted by molar-refractivity contribution is -0.155. The van der Waals surface area contributed by atoms with E-state index in [-0.39, 0.29) is 18.1 Å². The number of carbonyl (C=O) groups excluding carboxylic acids is 1. The van der Waals surface area contributed by atoms with Crippen LogP contribution in [0.15, 0.2) is 60.7 Å². The number of esters is 1. The van der Waals surface area contributed by atoms with E-state index in [0.29, 0.717) is 0 Å². The van der Waals surface area contributed by atoms with Gasteiger partial charge in [0.1, 0.15) is 6.07 Å². The zero-order chi connectivity index (χ0) is 16.0. The Labute approximate surface area is 129 Å². The highest BCUT2D eigenvalue weighted by Gasteiger charge is 2.43. The van der Waals surface area contributed by atoms with Crippen LogP contribution in [0.2, 0.25) is 0 Å². The van der Waals surface area contributed by atoms with Gasteiger partial charge in [-0.2, -0.15) is 5.26 Å². The summed E-state index contributed by atoms with van der Waals surface area (Å²) in [6, 6.07) is 18.5. The molecule has 0 spiro atoms. The maximum atomic E-state index is 14.7. The highest BCUT2D eigenvalue weighted by atomic mass is 19.1. The van der Waals surface area contributed by atoms with Gasteiger partial charge in [-0.3, -0.25) is 0 Å². The van der Waals surface area contributed by atoms with Crippen molar-refractivity contribution < 1.29 is 13.9 Å². The van der Waals surface area contributed by atoms with E-state index >= 15 is 0 Å². The summed E-state index contributed by atoms with van der Waals surface area (Å²) in [4.78, 5) is 12.0. The van der Waals surface area contributed by atoms with Crippen molar-refractivity contribution in [3.63, 3.8) is 0 Å². The van der Waals surface area contributed by atoms with Crippen LogP contribution in [0.3, 0.4) is 0 Å². The molecule has 2 rings (SSSR count). The van der Waals surface area contributed by atoms with Gasteiger partial charge < -0.3 is 4.74 Å². The van der Waals surface area contributed by atoms with Gasteiger partial charge in [0.05, 0.1) is 6.61 Å². The van der Waals surface area contributed by atoms with Gasteiger partial charge >= 0.3 is 11.6 Å². The molecule has 0 fully saturated rings. The average Bonchev–Trinajstić information content (AvgIpc) is 2.60. The second-order valence-electron chi connectivity index (χ2n) is 5.05. The van der Waals surface area contributed by atoms with E-state index in [1.165, 1.54) is 18.2 Å². The maximum absolute atomic E-state index is 14.7. The normalized spacial score (nSPS) is 14.4. The lowest BCUT2D eigenvalue weighted by atomic mass is 9.97. The lowest BCUT2D eigenvalue weighted by Crippen LogP contribution is -2.32. The predicted octanol–water partition coefficient (Wildman–Crippen LogP) is 3.72. The Hall–Kier alpha value is -2.67. The molecule has 0 aliphatic rings. The molecule has 1 unspecified atom stereocenters. The summed E-state index contributed by atoms with van der Waals surface area (Å²) in [6.07, 6.45) is 0. The molecule has 2 aromatic rings. The second kappa shape index (κ2) is 6.86. The third-order valence-electron chi connectivity index (χ3n) is 3.44. The van der Waals surface area contributed by atoms with E-state index in [1.54, 1.807) is 18.2 Å². The quantitative estimate of drug-likeness (QED) is 0.790. The number of ether oxygens (including phenoxy) is 1. The van der Waals surface area contributed by atoms with Crippen LogP contribution in [0.25, 0.3) is 0 Å². The molecule has 22 heavy (non-hydrogen) atoms. The summed E-state index contributed by atoms with van der Waals surface area (Å²) in [7, 11) is 0. The van der Waals surface area contributed by atoms with Gasteiger partial charge in [-0.25, -0.2) is 9.18 Å². The van der Waals surface area contributed by atoms with E-state index in [0.717, 1.165) is 5.56 Å². The number of halogens is 1. The first-order chi connectivity index (χ1) is 10.6. The van der Waals surface area contributed by atoms with Crippen LogP contribution in [-0.2, 0) is 15.2 Å². The molecule has 0 amide bonds. The fourth-order valence-electron chi connectivity index (χ4n) is 2.07. The Bertz CT molecular complexity index is 666. The van der Waals surface area contributed by atoms with Crippen LogP contribution < -0.4 is 0 Å². The van der Waals surface area contributed by atoms with Gasteiger partial charge in [0.15, 0.2) is 0 Å². The number of rotatable bonds is 5. The molecule has 112 valence electrons. The van der Waals surface area contributed by atoms with Crippen molar-refractivity contribution in [1.29, 1.82) is 5.26 Å². The highest BCUT2D eigenvalue weighted by molar-refractivity contribution is 5.84. The first-order valence-electron chi connectivity index (χ1n) is 6.96. The van der Waals surface area contributed by atoms with Crippen molar-refractivity contribution in [2.45, 2.75) is 18.5 Å². The Morgan fingerprint density at radius 1 is 1.18 bits per heavy atom. The minimum absolute atomic E-state index is 0.0169. The number of alkyl halides is 1. The third-order valence-corrected chi connectivity index (χ3v) is 3.44. The zero-order valence-corrected chi connectivity index (χ0v) is 12.2. The molecule has 2 aromatic carbocycles. The zero-order valence-electron chi connectivity index (χ0n) is 12.2. The number of benzene rings is 2. The monoisotopic (exact) mass is 297 g/mol. The summed E-state index contributed by atoms with van der Waals surface area (Å²) < 4.78 is 19.7. The first-order valence-corrected chi connectivity index (χ1v) is 6.96. The minimum Gasteiger partial charge on any atom is -0.462 e. The van der Waals surface area contributed by atoms with Crippen molar-refractivity contribution >= 4 is 5.97 Å². The van der Waals surface area contributed by atoms with Gasteiger partial charge in [0, 0.05) is 11.5 Å². The smallest absolute Gasteiger partial charge is 0.363 e. The van der Waals surface area contributed by atoms with E-state index in [2.05, 4.69) is 0 Å². The molecule has 0 aliphatic heterocycles. The number of hydrogen-bond acceptors (Lipinski definition) is 3. The topological polar surface area (TPSA) is 50.1 Å². The highest BCUT2D eigenvalue weighted by Crippen LogP contribution is 2.27. The molecule has 0 aliphatic carbocycles. The minimum atomic E-state index is -2.78. The van der Waals surface area contributed by atoms with E-state index in [9.17, 15) is 9.18 Å². The number of carbonyl (C=O) groups is 1. The van der Waals surface area contributed by atoms with Gasteiger partial charge in [0.25, 0.3) is 0 Å². The molecule has 0 saturated carbocycles. The van der Waals surface area contributed by atoms with Gasteiger partial charge in [-0.1, -0.05) is 67.6 Å². The third kappa shape index (κ3) is 3.32. The summed E-state index contributed by atoms with van der Waals surface area (Å²) in [5.41, 5.74) is -1.82. The van der Waals surface area contributed by atoms with Gasteiger partial charge in [-0.15, -0.1) is 0 Å². The van der Waals surface area contributed by atoms with Crippen molar-refractivity contribution in [2.24, 2.45) is 0 Å². The summed E-state index contributed by atoms with van der Waals surface area (Å²) in [6.45, 7) is 1.89. The Morgan fingerprint density at radius 3 is 2.27 bits per heavy atom. The SMILES string of the molecule is CC(COC(=O)[C@@](F)(C#N)c1ccccc1)c1ccccc1. The van der Waals surface area contributed by atoms with Crippen LogP contribution in [0.1, 0.15) is 24.0 Å². The number of nitriles is 1. The van der Waals surface area contributed by atoms with Crippen LogP contribution in [0, 0.1) is 11.3 Å². The largest absolute Gasteiger partial charge is 0.462 e. The van der Waals surface area contributed by atoms with E-state index in [1.807, 2.05) is 37.3 Å². The van der Waals surface area contributed by atoms with Crippen LogP contribution >= 0.6 is 0 Å². The molecule has 4 heteroatoms. The van der Waals surface area contributed by atoms with Crippen LogP contribution in [-0.4, -0.2) is 12.6 Å². The van der Waals surface area contributed by atoms with Crippen molar-refractivity contribution in [3.8, 4) is 6.07 Å². The molecular weight excluding hydrogens is 281 g/mol. The van der Waals surface area contributed by atoms with Gasteiger partial charge in [0.2, 0.25) is 0 Å². The van der Waals surface area contributed by atoms with Crippen molar-refractivity contribution in [3.05, 3.63) is 71.8 Å². The molecule has 0 radical (unpaired) electrons. The Balaban J connectivity index is 2.06. The van der Waals surface area contributed by atoms with Crippen LogP contribution in [0.4, 0.5) is 4.39 Å². The average molecular weight is 297 g/mol. The molecule has 0 bridgehead atoms. The summed E-state index contributed by atoms with van der Waals surface area (Å²) in [5, 5.41) is 9.07. The summed E-state index contributed by atoms with van der Waals surface area (Å²) in [5.74, 6) is -1.26. The maximum Gasteiger partial charge on any atom is 0.363 e. The number of hydrogen-bond donors (Lipinski definition) is 0. The molecule has 0 aromatic heterocycles. The van der Waals surface area contributed by atoms with E-state index < -0.39 is 11.6 Å². The molecule has 0 heterocycles. The molecule has 0 N–H and O–H groups in total. The molecular formula is C18H16FNO2. The Kier molecular flexibility index (Phi) is 4.90. The fourth-order valence-corrected chi connectivity index (χ4v) is 2.07. The van der Waals surface area contributed by atoms with Crippen LogP contribution in [0.5, 0.6) is 0 Å². The Morgan fingerprint density at radius 2 is 1.73 bits per heavy atom.